The Balaban J connectivity index is 2.11. The van der Waals surface area contributed by atoms with Crippen LogP contribution in [0.2, 0.25) is 0 Å². The Morgan fingerprint density at radius 1 is 1.23 bits per heavy atom. The SMILES string of the molecule is CCCN(C)C(=O)Nc1ccccc1CN1C(=O)CCC1=O. The van der Waals surface area contributed by atoms with Crippen molar-refractivity contribution in [3.8, 4) is 0 Å². The summed E-state index contributed by atoms with van der Waals surface area (Å²) >= 11 is 0. The van der Waals surface area contributed by atoms with E-state index in [0.717, 1.165) is 12.0 Å². The van der Waals surface area contributed by atoms with E-state index < -0.39 is 0 Å². The maximum absolute atomic E-state index is 12.1. The van der Waals surface area contributed by atoms with Gasteiger partial charge in [-0.3, -0.25) is 14.5 Å². The first kappa shape index (κ1) is 16.0. The summed E-state index contributed by atoms with van der Waals surface area (Å²) < 4.78 is 0. The van der Waals surface area contributed by atoms with Crippen LogP contribution in [-0.4, -0.2) is 41.2 Å². The average Bonchev–Trinajstić information content (AvgIpc) is 2.81. The quantitative estimate of drug-likeness (QED) is 0.848. The summed E-state index contributed by atoms with van der Waals surface area (Å²) in [5.41, 5.74) is 1.38. The van der Waals surface area contributed by atoms with Crippen LogP contribution in [0.5, 0.6) is 0 Å². The van der Waals surface area contributed by atoms with Gasteiger partial charge in [0, 0.05) is 32.1 Å². The molecule has 1 aromatic carbocycles. The zero-order valence-corrected chi connectivity index (χ0v) is 13.0. The van der Waals surface area contributed by atoms with Crippen LogP contribution in [0, 0.1) is 0 Å². The third-order valence-electron chi connectivity index (χ3n) is 3.65. The molecule has 118 valence electrons. The van der Waals surface area contributed by atoms with Gasteiger partial charge in [0.15, 0.2) is 0 Å². The van der Waals surface area contributed by atoms with Crippen LogP contribution in [0.3, 0.4) is 0 Å². The van der Waals surface area contributed by atoms with Gasteiger partial charge < -0.3 is 10.2 Å². The molecule has 0 unspecified atom stereocenters. The van der Waals surface area contributed by atoms with Gasteiger partial charge in [0.2, 0.25) is 11.8 Å². The first-order chi connectivity index (χ1) is 10.5. The van der Waals surface area contributed by atoms with Gasteiger partial charge in [-0.15, -0.1) is 0 Å². The molecule has 0 atom stereocenters. The standard InChI is InChI=1S/C16H21N3O3/c1-3-10-18(2)16(22)17-13-7-5-4-6-12(13)11-19-14(20)8-9-15(19)21/h4-7H,3,8-11H2,1-2H3,(H,17,22). The van der Waals surface area contributed by atoms with Gasteiger partial charge >= 0.3 is 6.03 Å². The molecule has 1 heterocycles. The van der Waals surface area contributed by atoms with Crippen molar-refractivity contribution < 1.29 is 14.4 Å². The Kier molecular flexibility index (Phi) is 5.14. The highest BCUT2D eigenvalue weighted by atomic mass is 16.2. The third kappa shape index (κ3) is 3.63. The lowest BCUT2D eigenvalue weighted by atomic mass is 10.1. The number of carbonyl (C=O) groups is 3. The molecule has 1 aliphatic heterocycles. The fourth-order valence-electron chi connectivity index (χ4n) is 2.40. The van der Waals surface area contributed by atoms with Crippen molar-refractivity contribution >= 4 is 23.5 Å². The molecule has 0 aliphatic carbocycles. The Bertz CT molecular complexity index is 570. The molecular formula is C16H21N3O3. The van der Waals surface area contributed by atoms with E-state index in [1.807, 2.05) is 25.1 Å². The molecule has 1 saturated heterocycles. The highest BCUT2D eigenvalue weighted by Gasteiger charge is 2.29. The lowest BCUT2D eigenvalue weighted by Crippen LogP contribution is -2.33. The Labute approximate surface area is 130 Å². The number of hydrogen-bond acceptors (Lipinski definition) is 3. The number of urea groups is 1. The predicted octanol–water partition coefficient (Wildman–Crippen LogP) is 2.21. The van der Waals surface area contributed by atoms with E-state index in [1.165, 1.54) is 4.90 Å². The first-order valence-electron chi connectivity index (χ1n) is 7.46. The van der Waals surface area contributed by atoms with Crippen LogP contribution in [0.1, 0.15) is 31.7 Å². The van der Waals surface area contributed by atoms with E-state index in [2.05, 4.69) is 5.32 Å². The number of amides is 4. The van der Waals surface area contributed by atoms with E-state index in [0.29, 0.717) is 12.2 Å². The number of benzene rings is 1. The molecule has 2 rings (SSSR count). The number of rotatable bonds is 5. The molecule has 1 N–H and O–H groups in total. The van der Waals surface area contributed by atoms with E-state index in [9.17, 15) is 14.4 Å². The average molecular weight is 303 g/mol. The monoisotopic (exact) mass is 303 g/mol. The number of para-hydroxylation sites is 1. The molecule has 4 amide bonds. The first-order valence-corrected chi connectivity index (χ1v) is 7.46. The fourth-order valence-corrected chi connectivity index (χ4v) is 2.40. The summed E-state index contributed by atoms with van der Waals surface area (Å²) in [5.74, 6) is -0.316. The van der Waals surface area contributed by atoms with Crippen LogP contribution in [-0.2, 0) is 16.1 Å². The molecule has 22 heavy (non-hydrogen) atoms. The summed E-state index contributed by atoms with van der Waals surface area (Å²) in [5, 5.41) is 2.84. The Hall–Kier alpha value is -2.37. The van der Waals surface area contributed by atoms with Gasteiger partial charge in [-0.2, -0.15) is 0 Å². The van der Waals surface area contributed by atoms with Gasteiger partial charge in [-0.25, -0.2) is 4.79 Å². The number of nitrogens with one attached hydrogen (secondary N) is 1. The van der Waals surface area contributed by atoms with Gasteiger partial charge in [-0.1, -0.05) is 25.1 Å². The molecular weight excluding hydrogens is 282 g/mol. The minimum absolute atomic E-state index is 0.158. The maximum atomic E-state index is 12.1. The molecule has 0 aromatic heterocycles. The summed E-state index contributed by atoms with van der Waals surface area (Å²) in [6, 6.07) is 7.03. The Morgan fingerprint density at radius 2 is 1.86 bits per heavy atom. The van der Waals surface area contributed by atoms with Crippen molar-refractivity contribution in [1.82, 2.24) is 9.80 Å². The zero-order valence-electron chi connectivity index (χ0n) is 13.0. The number of hydrogen-bond donors (Lipinski definition) is 1. The summed E-state index contributed by atoms with van der Waals surface area (Å²) in [7, 11) is 1.73. The van der Waals surface area contributed by atoms with Gasteiger partial charge in [0.25, 0.3) is 0 Å². The van der Waals surface area contributed by atoms with Crippen LogP contribution < -0.4 is 5.32 Å². The van der Waals surface area contributed by atoms with E-state index in [4.69, 9.17) is 0 Å². The van der Waals surface area contributed by atoms with Gasteiger partial charge in [-0.05, 0) is 18.1 Å². The van der Waals surface area contributed by atoms with Crippen molar-refractivity contribution in [2.75, 3.05) is 18.9 Å². The van der Waals surface area contributed by atoms with Crippen LogP contribution in [0.4, 0.5) is 10.5 Å². The smallest absolute Gasteiger partial charge is 0.321 e. The minimum Gasteiger partial charge on any atom is -0.328 e. The number of nitrogens with zero attached hydrogens (tertiary/aromatic N) is 2. The Morgan fingerprint density at radius 3 is 2.50 bits per heavy atom. The van der Waals surface area contributed by atoms with E-state index in [-0.39, 0.29) is 37.2 Å². The highest BCUT2D eigenvalue weighted by molar-refractivity contribution is 6.02. The number of likely N-dealkylation sites (tertiary alicyclic amines) is 1. The molecule has 1 aliphatic rings. The molecule has 0 radical (unpaired) electrons. The largest absolute Gasteiger partial charge is 0.328 e. The maximum Gasteiger partial charge on any atom is 0.321 e. The lowest BCUT2D eigenvalue weighted by Gasteiger charge is -2.20. The highest BCUT2D eigenvalue weighted by Crippen LogP contribution is 2.21. The second-order valence-electron chi connectivity index (χ2n) is 5.38. The normalized spacial score (nSPS) is 14.4. The number of anilines is 1. The topological polar surface area (TPSA) is 69.7 Å². The second kappa shape index (κ2) is 7.06. The minimum atomic E-state index is -0.201. The molecule has 6 heteroatoms. The van der Waals surface area contributed by atoms with Crippen LogP contribution in [0.25, 0.3) is 0 Å². The van der Waals surface area contributed by atoms with E-state index >= 15 is 0 Å². The van der Waals surface area contributed by atoms with Crippen molar-refractivity contribution in [2.45, 2.75) is 32.7 Å². The van der Waals surface area contributed by atoms with E-state index in [1.54, 1.807) is 18.0 Å². The fraction of sp³-hybridized carbons (Fsp3) is 0.438. The van der Waals surface area contributed by atoms with Gasteiger partial charge in [0.1, 0.15) is 0 Å². The molecule has 1 fully saturated rings. The van der Waals surface area contributed by atoms with Crippen molar-refractivity contribution in [1.29, 1.82) is 0 Å². The number of carbonyl (C=O) groups excluding carboxylic acids is 3. The van der Waals surface area contributed by atoms with Crippen molar-refractivity contribution in [3.05, 3.63) is 29.8 Å². The predicted molar refractivity (Wildman–Crippen MR) is 83.2 cm³/mol. The molecule has 0 saturated carbocycles. The molecule has 6 nitrogen and oxygen atoms in total. The third-order valence-corrected chi connectivity index (χ3v) is 3.65. The molecule has 1 aromatic rings. The summed E-state index contributed by atoms with van der Waals surface area (Å²) in [6.45, 7) is 2.87. The number of imide groups is 1. The van der Waals surface area contributed by atoms with Crippen molar-refractivity contribution in [2.24, 2.45) is 0 Å². The second-order valence-corrected chi connectivity index (χ2v) is 5.38. The van der Waals surface area contributed by atoms with Crippen LogP contribution >= 0.6 is 0 Å². The van der Waals surface area contributed by atoms with Crippen molar-refractivity contribution in [3.63, 3.8) is 0 Å². The van der Waals surface area contributed by atoms with Crippen LogP contribution in [0.15, 0.2) is 24.3 Å². The lowest BCUT2D eigenvalue weighted by molar-refractivity contribution is -0.139. The summed E-state index contributed by atoms with van der Waals surface area (Å²) in [4.78, 5) is 38.4. The summed E-state index contributed by atoms with van der Waals surface area (Å²) in [6.07, 6.45) is 1.42. The zero-order chi connectivity index (χ0) is 16.1. The molecule has 0 bridgehead atoms. The van der Waals surface area contributed by atoms with Gasteiger partial charge in [0.05, 0.1) is 6.54 Å². The molecule has 0 spiro atoms.